The van der Waals surface area contributed by atoms with Gasteiger partial charge in [-0.05, 0) is 0 Å². The van der Waals surface area contributed by atoms with Crippen molar-refractivity contribution in [1.82, 2.24) is 0 Å². The first kappa shape index (κ1) is 4.59. The van der Waals surface area contributed by atoms with Gasteiger partial charge in [-0.3, -0.25) is 0 Å². The molecule has 0 unspecified atom stereocenters. The monoisotopic (exact) mass is 209 g/mol. The van der Waals surface area contributed by atoms with Crippen LogP contribution in [0.1, 0.15) is 19.8 Å². The van der Waals surface area contributed by atoms with E-state index >= 15 is 0 Å². The zero-order valence-corrected chi connectivity index (χ0v) is 6.73. The van der Waals surface area contributed by atoms with Crippen LogP contribution in [0.4, 0.5) is 0 Å². The molecule has 1 aliphatic carbocycles. The molecule has 0 aromatic heterocycles. The molecule has 0 aromatic carbocycles. The van der Waals surface area contributed by atoms with Crippen LogP contribution in [0, 0.1) is 5.92 Å². The second kappa shape index (κ2) is 1.17. The molecular formula is C6H10I-. The summed E-state index contributed by atoms with van der Waals surface area (Å²) < 4.78 is 2.60. The summed E-state index contributed by atoms with van der Waals surface area (Å²) in [5.41, 5.74) is 0. The van der Waals surface area contributed by atoms with Crippen molar-refractivity contribution < 1.29 is 21.2 Å². The molecule has 3 fully saturated rings. The fourth-order valence-corrected chi connectivity index (χ4v) is 5.83. The molecule has 7 heavy (non-hydrogen) atoms. The Kier molecular flexibility index (Phi) is 0.769. The van der Waals surface area contributed by atoms with E-state index in [1.54, 1.807) is 17.3 Å². The SMILES string of the molecule is CC12CC(C[I-]1)C2. The second-order valence-electron chi connectivity index (χ2n) is 2.98. The van der Waals surface area contributed by atoms with E-state index in [4.69, 9.17) is 0 Å². The van der Waals surface area contributed by atoms with Crippen molar-refractivity contribution in [2.45, 2.75) is 23.2 Å². The Balaban J connectivity index is 2.20. The van der Waals surface area contributed by atoms with E-state index in [1.165, 1.54) is 5.92 Å². The first-order chi connectivity index (χ1) is 3.29. The maximum absolute atomic E-state index is 2.48. The van der Waals surface area contributed by atoms with Gasteiger partial charge < -0.3 is 0 Å². The van der Waals surface area contributed by atoms with Gasteiger partial charge in [-0.2, -0.15) is 0 Å². The van der Waals surface area contributed by atoms with Crippen LogP contribution in [0.2, 0.25) is 0 Å². The van der Waals surface area contributed by atoms with Crippen molar-refractivity contribution in [3.63, 3.8) is 0 Å². The molecule has 1 saturated carbocycles. The molecule has 0 nitrogen and oxygen atoms in total. The maximum atomic E-state index is 2.48. The van der Waals surface area contributed by atoms with Gasteiger partial charge in [0, 0.05) is 0 Å². The third kappa shape index (κ3) is 0.538. The Hall–Kier alpha value is 0.730. The Morgan fingerprint density at radius 1 is 1.57 bits per heavy atom. The average Bonchev–Trinajstić information content (AvgIpc) is 1.88. The van der Waals surface area contributed by atoms with Gasteiger partial charge in [0.05, 0.1) is 0 Å². The number of alkyl halides is 2. The van der Waals surface area contributed by atoms with Crippen LogP contribution >= 0.6 is 0 Å². The van der Waals surface area contributed by atoms with E-state index in [1.807, 2.05) is 0 Å². The van der Waals surface area contributed by atoms with Gasteiger partial charge in [-0.1, -0.05) is 0 Å². The predicted octanol–water partition coefficient (Wildman–Crippen LogP) is -1.74. The number of halogens is 1. The molecule has 0 atom stereocenters. The summed E-state index contributed by atoms with van der Waals surface area (Å²) in [4.78, 5) is 0. The standard InChI is InChI=1S/C6H10I/c1-6-2-5(3-6)4-7-6/h5H,2-4H2,1H3/q-1. The third-order valence-corrected chi connectivity index (χ3v) is 6.45. The van der Waals surface area contributed by atoms with Gasteiger partial charge in [0.15, 0.2) is 0 Å². The molecule has 3 rings (SSSR count). The molecule has 3 aliphatic rings. The van der Waals surface area contributed by atoms with Crippen LogP contribution in [-0.2, 0) is 0 Å². The van der Waals surface area contributed by atoms with Gasteiger partial charge >= 0.3 is 54.7 Å². The van der Waals surface area contributed by atoms with Crippen LogP contribution in [0.25, 0.3) is 0 Å². The summed E-state index contributed by atoms with van der Waals surface area (Å²) in [6, 6.07) is 0. The van der Waals surface area contributed by atoms with Crippen LogP contribution in [-0.4, -0.2) is 7.85 Å². The van der Waals surface area contributed by atoms with E-state index in [0.29, 0.717) is 21.2 Å². The van der Waals surface area contributed by atoms with Crippen LogP contribution in [0.5, 0.6) is 0 Å². The van der Waals surface area contributed by atoms with Gasteiger partial charge in [-0.15, -0.1) is 0 Å². The first-order valence-electron chi connectivity index (χ1n) is 2.89. The fourth-order valence-electron chi connectivity index (χ4n) is 1.66. The number of hydrogen-bond donors (Lipinski definition) is 0. The van der Waals surface area contributed by atoms with Crippen molar-refractivity contribution in [2.75, 3.05) is 4.43 Å². The van der Waals surface area contributed by atoms with Gasteiger partial charge in [0.1, 0.15) is 0 Å². The van der Waals surface area contributed by atoms with Crippen LogP contribution in [0.3, 0.4) is 0 Å². The summed E-state index contributed by atoms with van der Waals surface area (Å²) in [6.45, 7) is 2.48. The second-order valence-corrected chi connectivity index (χ2v) is 7.22. The molecule has 0 radical (unpaired) electrons. The fraction of sp³-hybridized carbons (Fsp3) is 1.00. The summed E-state index contributed by atoms with van der Waals surface area (Å²) in [5, 5.41) is 0. The molecule has 0 aromatic rings. The van der Waals surface area contributed by atoms with E-state index in [-0.39, 0.29) is 0 Å². The van der Waals surface area contributed by atoms with Crippen LogP contribution in [0.15, 0.2) is 0 Å². The minimum atomic E-state index is 0.670. The molecule has 2 aliphatic heterocycles. The Morgan fingerprint density at radius 2 is 2.29 bits per heavy atom. The van der Waals surface area contributed by atoms with Gasteiger partial charge in [0.25, 0.3) is 0 Å². The van der Waals surface area contributed by atoms with E-state index in [0.717, 1.165) is 3.42 Å². The van der Waals surface area contributed by atoms with E-state index < -0.39 is 0 Å². The number of hydrogen-bond acceptors (Lipinski definition) is 0. The molecule has 42 valence electrons. The quantitative estimate of drug-likeness (QED) is 0.328. The zero-order valence-electron chi connectivity index (χ0n) is 4.58. The number of rotatable bonds is 0. The molecular weight excluding hydrogens is 199 g/mol. The zero-order chi connectivity index (χ0) is 4.91. The molecule has 1 heteroatoms. The number of fused-ring (bicyclic) bond motifs is 1. The molecule has 0 amide bonds. The van der Waals surface area contributed by atoms with Crippen molar-refractivity contribution in [3.05, 3.63) is 0 Å². The van der Waals surface area contributed by atoms with Crippen molar-refractivity contribution in [3.8, 4) is 0 Å². The molecule has 2 bridgehead atoms. The Bertz CT molecular complexity index is 86.8. The van der Waals surface area contributed by atoms with Crippen molar-refractivity contribution in [2.24, 2.45) is 5.92 Å². The Morgan fingerprint density at radius 3 is 2.43 bits per heavy atom. The summed E-state index contributed by atoms with van der Waals surface area (Å²) in [6.07, 6.45) is 3.20. The summed E-state index contributed by atoms with van der Waals surface area (Å²) in [7, 11) is 0. The van der Waals surface area contributed by atoms with Crippen molar-refractivity contribution >= 4 is 0 Å². The van der Waals surface area contributed by atoms with E-state index in [9.17, 15) is 0 Å². The van der Waals surface area contributed by atoms with Crippen LogP contribution < -0.4 is 21.2 Å². The molecule has 2 heterocycles. The van der Waals surface area contributed by atoms with E-state index in [2.05, 4.69) is 6.92 Å². The average molecular weight is 209 g/mol. The van der Waals surface area contributed by atoms with Crippen molar-refractivity contribution in [1.29, 1.82) is 0 Å². The topological polar surface area (TPSA) is 0 Å². The summed E-state index contributed by atoms with van der Waals surface area (Å²) in [5.74, 6) is 1.21. The molecule has 0 spiro atoms. The third-order valence-electron chi connectivity index (χ3n) is 2.05. The normalized spacial score (nSPS) is 58.1. The predicted molar refractivity (Wildman–Crippen MR) is 26.0 cm³/mol. The summed E-state index contributed by atoms with van der Waals surface area (Å²) >= 11 is 0.670. The minimum absolute atomic E-state index is 0.670. The Labute approximate surface area is 54.9 Å². The first-order valence-corrected chi connectivity index (χ1v) is 5.49. The molecule has 2 saturated heterocycles. The van der Waals surface area contributed by atoms with Gasteiger partial charge in [0.2, 0.25) is 0 Å². The molecule has 0 N–H and O–H groups in total. The van der Waals surface area contributed by atoms with Gasteiger partial charge in [-0.25, -0.2) is 0 Å².